The highest BCUT2D eigenvalue weighted by molar-refractivity contribution is 5.94. The summed E-state index contributed by atoms with van der Waals surface area (Å²) in [6.45, 7) is 2.13. The van der Waals surface area contributed by atoms with E-state index < -0.39 is 0 Å². The first-order valence-corrected chi connectivity index (χ1v) is 7.58. The molecule has 0 unspecified atom stereocenters. The molecule has 2 rings (SSSR count). The lowest BCUT2D eigenvalue weighted by Crippen LogP contribution is -2.34. The van der Waals surface area contributed by atoms with E-state index in [1.54, 1.807) is 24.3 Å². The molecule has 1 fully saturated rings. The van der Waals surface area contributed by atoms with Gasteiger partial charge in [-0.2, -0.15) is 0 Å². The van der Waals surface area contributed by atoms with Crippen molar-refractivity contribution >= 4 is 29.9 Å². The van der Waals surface area contributed by atoms with E-state index in [-0.39, 0.29) is 24.2 Å². The number of benzene rings is 1. The lowest BCUT2D eigenvalue weighted by molar-refractivity contribution is -0.130. The molecule has 0 bridgehead atoms. The zero-order valence-electron chi connectivity index (χ0n) is 12.7. The number of carbonyl (C=O) groups is 2. The number of nitrogen functional groups attached to an aromatic ring is 1. The monoisotopic (exact) mass is 325 g/mol. The average Bonchev–Trinajstić information content (AvgIpc) is 2.68. The molecular weight excluding hydrogens is 302 g/mol. The van der Waals surface area contributed by atoms with Crippen molar-refractivity contribution in [3.8, 4) is 0 Å². The fourth-order valence-electron chi connectivity index (χ4n) is 2.53. The number of anilines is 1. The Hall–Kier alpha value is -1.75. The first-order valence-electron chi connectivity index (χ1n) is 7.58. The Bertz CT molecular complexity index is 508. The minimum Gasteiger partial charge on any atom is -0.399 e. The molecule has 1 heterocycles. The van der Waals surface area contributed by atoms with E-state index in [9.17, 15) is 9.59 Å². The van der Waals surface area contributed by atoms with Crippen LogP contribution in [0.4, 0.5) is 5.69 Å². The van der Waals surface area contributed by atoms with E-state index in [4.69, 9.17) is 5.73 Å². The van der Waals surface area contributed by atoms with E-state index in [0.717, 1.165) is 38.8 Å². The van der Waals surface area contributed by atoms with Gasteiger partial charge in [0.2, 0.25) is 5.91 Å². The molecule has 1 saturated heterocycles. The van der Waals surface area contributed by atoms with Crippen LogP contribution < -0.4 is 11.1 Å². The van der Waals surface area contributed by atoms with E-state index in [1.807, 2.05) is 4.90 Å². The largest absolute Gasteiger partial charge is 0.399 e. The molecule has 0 aliphatic carbocycles. The van der Waals surface area contributed by atoms with Crippen molar-refractivity contribution in [2.75, 3.05) is 25.4 Å². The van der Waals surface area contributed by atoms with Gasteiger partial charge in [0.05, 0.1) is 0 Å². The van der Waals surface area contributed by atoms with Crippen LogP contribution in [-0.4, -0.2) is 36.3 Å². The molecule has 6 heteroatoms. The van der Waals surface area contributed by atoms with Gasteiger partial charge < -0.3 is 16.0 Å². The normalized spacial score (nSPS) is 14.9. The standard InChI is InChI=1S/C16H23N3O2.ClH/c17-14-7-4-6-13(12-14)16(21)18-9-5-11-19-10-3-1-2-8-15(19)20;/h4,6-7,12H,1-3,5,8-11,17H2,(H,18,21);1H. The highest BCUT2D eigenvalue weighted by Crippen LogP contribution is 2.11. The summed E-state index contributed by atoms with van der Waals surface area (Å²) in [5, 5.41) is 2.86. The summed E-state index contributed by atoms with van der Waals surface area (Å²) >= 11 is 0. The number of hydrogen-bond acceptors (Lipinski definition) is 3. The molecule has 5 nitrogen and oxygen atoms in total. The minimum atomic E-state index is -0.121. The number of hydrogen-bond donors (Lipinski definition) is 2. The maximum absolute atomic E-state index is 11.9. The smallest absolute Gasteiger partial charge is 0.251 e. The van der Waals surface area contributed by atoms with Gasteiger partial charge in [-0.3, -0.25) is 9.59 Å². The molecule has 122 valence electrons. The third-order valence-electron chi connectivity index (χ3n) is 3.71. The summed E-state index contributed by atoms with van der Waals surface area (Å²) in [5.74, 6) is 0.124. The van der Waals surface area contributed by atoms with Crippen LogP contribution in [0, 0.1) is 0 Å². The summed E-state index contributed by atoms with van der Waals surface area (Å²) in [5.41, 5.74) is 6.81. The number of amides is 2. The van der Waals surface area contributed by atoms with Crippen LogP contribution in [0.5, 0.6) is 0 Å². The van der Waals surface area contributed by atoms with Gasteiger partial charge in [-0.15, -0.1) is 12.4 Å². The van der Waals surface area contributed by atoms with Crippen LogP contribution in [0.25, 0.3) is 0 Å². The Kier molecular flexibility index (Phi) is 7.74. The number of likely N-dealkylation sites (tertiary alicyclic amines) is 1. The molecule has 0 radical (unpaired) electrons. The van der Waals surface area contributed by atoms with Crippen LogP contribution in [0.2, 0.25) is 0 Å². The van der Waals surface area contributed by atoms with Crippen molar-refractivity contribution in [1.82, 2.24) is 10.2 Å². The van der Waals surface area contributed by atoms with E-state index in [1.165, 1.54) is 0 Å². The predicted molar refractivity (Wildman–Crippen MR) is 90.1 cm³/mol. The molecule has 1 aliphatic heterocycles. The first-order chi connectivity index (χ1) is 10.2. The topological polar surface area (TPSA) is 75.4 Å². The molecule has 2 amide bonds. The Morgan fingerprint density at radius 3 is 2.86 bits per heavy atom. The fourth-order valence-corrected chi connectivity index (χ4v) is 2.53. The van der Waals surface area contributed by atoms with Crippen LogP contribution in [0.1, 0.15) is 42.5 Å². The molecule has 1 aromatic carbocycles. The van der Waals surface area contributed by atoms with Gasteiger partial charge in [0, 0.05) is 37.3 Å². The highest BCUT2D eigenvalue weighted by atomic mass is 35.5. The average molecular weight is 326 g/mol. The van der Waals surface area contributed by atoms with Crippen molar-refractivity contribution < 1.29 is 9.59 Å². The van der Waals surface area contributed by atoms with Crippen LogP contribution in [0.15, 0.2) is 24.3 Å². The molecule has 1 aromatic rings. The van der Waals surface area contributed by atoms with Crippen molar-refractivity contribution in [1.29, 1.82) is 0 Å². The lowest BCUT2D eigenvalue weighted by atomic mass is 10.2. The SMILES string of the molecule is Cl.Nc1cccc(C(=O)NCCCN2CCCCCC2=O)c1. The van der Waals surface area contributed by atoms with Crippen molar-refractivity contribution in [2.45, 2.75) is 32.1 Å². The van der Waals surface area contributed by atoms with E-state index in [2.05, 4.69) is 5.32 Å². The Morgan fingerprint density at radius 2 is 2.09 bits per heavy atom. The molecule has 0 spiro atoms. The van der Waals surface area contributed by atoms with Gasteiger partial charge in [0.25, 0.3) is 5.91 Å². The third kappa shape index (κ3) is 5.56. The number of carbonyl (C=O) groups excluding carboxylic acids is 2. The fraction of sp³-hybridized carbons (Fsp3) is 0.500. The van der Waals surface area contributed by atoms with Crippen molar-refractivity contribution in [2.24, 2.45) is 0 Å². The minimum absolute atomic E-state index is 0. The van der Waals surface area contributed by atoms with Crippen LogP contribution in [0.3, 0.4) is 0 Å². The van der Waals surface area contributed by atoms with Crippen LogP contribution in [-0.2, 0) is 4.79 Å². The van der Waals surface area contributed by atoms with Gasteiger partial charge >= 0.3 is 0 Å². The second kappa shape index (κ2) is 9.30. The summed E-state index contributed by atoms with van der Waals surface area (Å²) in [7, 11) is 0. The lowest BCUT2D eigenvalue weighted by Gasteiger charge is -2.20. The molecule has 0 saturated carbocycles. The first kappa shape index (κ1) is 18.3. The van der Waals surface area contributed by atoms with Crippen molar-refractivity contribution in [3.05, 3.63) is 29.8 Å². The molecule has 22 heavy (non-hydrogen) atoms. The number of nitrogens with two attached hydrogens (primary N) is 1. The van der Waals surface area contributed by atoms with E-state index >= 15 is 0 Å². The van der Waals surface area contributed by atoms with Crippen LogP contribution >= 0.6 is 12.4 Å². The second-order valence-electron chi connectivity index (χ2n) is 5.43. The molecule has 0 aromatic heterocycles. The maximum Gasteiger partial charge on any atom is 0.251 e. The number of nitrogens with one attached hydrogen (secondary N) is 1. The summed E-state index contributed by atoms with van der Waals surface area (Å²) in [6.07, 6.45) is 4.66. The molecule has 1 aliphatic rings. The zero-order chi connectivity index (χ0) is 15.1. The Balaban J connectivity index is 0.00000242. The maximum atomic E-state index is 11.9. The van der Waals surface area contributed by atoms with Gasteiger partial charge in [0.15, 0.2) is 0 Å². The Morgan fingerprint density at radius 1 is 1.27 bits per heavy atom. The highest BCUT2D eigenvalue weighted by Gasteiger charge is 2.15. The summed E-state index contributed by atoms with van der Waals surface area (Å²) < 4.78 is 0. The third-order valence-corrected chi connectivity index (χ3v) is 3.71. The second-order valence-corrected chi connectivity index (χ2v) is 5.43. The Labute approximate surface area is 137 Å². The van der Waals surface area contributed by atoms with Gasteiger partial charge in [-0.1, -0.05) is 12.5 Å². The zero-order valence-corrected chi connectivity index (χ0v) is 13.5. The number of nitrogens with zero attached hydrogens (tertiary/aromatic N) is 1. The summed E-state index contributed by atoms with van der Waals surface area (Å²) in [6, 6.07) is 6.92. The molecule has 0 atom stereocenters. The number of rotatable bonds is 5. The molecular formula is C16H24ClN3O2. The predicted octanol–water partition coefficient (Wildman–Crippen LogP) is 2.21. The summed E-state index contributed by atoms with van der Waals surface area (Å²) in [4.78, 5) is 25.7. The van der Waals surface area contributed by atoms with Crippen molar-refractivity contribution in [3.63, 3.8) is 0 Å². The van der Waals surface area contributed by atoms with Gasteiger partial charge in [0.1, 0.15) is 0 Å². The van der Waals surface area contributed by atoms with Gasteiger partial charge in [-0.05, 0) is 37.5 Å². The van der Waals surface area contributed by atoms with Gasteiger partial charge in [-0.25, -0.2) is 0 Å². The number of halogens is 1. The quantitative estimate of drug-likeness (QED) is 0.644. The van der Waals surface area contributed by atoms with E-state index in [0.29, 0.717) is 24.2 Å². The molecule has 3 N–H and O–H groups in total.